The largest absolute Gasteiger partial charge is 0.344 e. The van der Waals surface area contributed by atoms with Gasteiger partial charge >= 0.3 is 0 Å². The van der Waals surface area contributed by atoms with Crippen molar-refractivity contribution < 1.29 is 0 Å². The van der Waals surface area contributed by atoms with Crippen molar-refractivity contribution in [1.29, 1.82) is 0 Å². The Balaban J connectivity index is 2.82. The third kappa shape index (κ3) is 2.82. The summed E-state index contributed by atoms with van der Waals surface area (Å²) < 4.78 is 0. The van der Waals surface area contributed by atoms with Gasteiger partial charge < -0.3 is 9.80 Å². The fourth-order valence-corrected chi connectivity index (χ4v) is 1.78. The van der Waals surface area contributed by atoms with E-state index in [-0.39, 0.29) is 6.29 Å². The molecule has 1 heterocycles. The second-order valence-corrected chi connectivity index (χ2v) is 4.55. The first kappa shape index (κ1) is 12.3. The number of guanidine groups is 1. The van der Waals surface area contributed by atoms with Crippen LogP contribution in [-0.2, 0) is 0 Å². The maximum atomic E-state index is 4.76. The summed E-state index contributed by atoms with van der Waals surface area (Å²) in [6.45, 7) is 2.12. The Kier molecular flexibility index (Phi) is 3.93. The molecule has 1 fully saturated rings. The molecule has 0 aromatic rings. The molecule has 0 unspecified atom stereocenters. The summed E-state index contributed by atoms with van der Waals surface area (Å²) in [6.07, 6.45) is 0.1000. The van der Waals surface area contributed by atoms with E-state index < -0.39 is 0 Å². The van der Waals surface area contributed by atoms with Crippen LogP contribution in [0.1, 0.15) is 0 Å². The lowest BCUT2D eigenvalue weighted by atomic mass is 10.6. The van der Waals surface area contributed by atoms with Crippen LogP contribution >= 0.6 is 0 Å². The molecule has 1 saturated heterocycles. The number of hydrogen-bond acceptors (Lipinski definition) is 3. The molecule has 0 bridgehead atoms. The van der Waals surface area contributed by atoms with Crippen LogP contribution in [-0.4, -0.2) is 87.2 Å². The highest BCUT2D eigenvalue weighted by molar-refractivity contribution is 5.81. The molecular weight excluding hydrogens is 190 g/mol. The normalized spacial score (nSPS) is 17.5. The Bertz CT molecular complexity index is 216. The standard InChI is InChI=1S/C10H23N5/c1-12(2)9(13(3)4)11-10-14(5)7-8-15(10)6/h9H,7-8H2,1-6H3. The highest BCUT2D eigenvalue weighted by Crippen LogP contribution is 2.07. The summed E-state index contributed by atoms with van der Waals surface area (Å²) >= 11 is 0. The zero-order chi connectivity index (χ0) is 11.6. The van der Waals surface area contributed by atoms with Gasteiger partial charge in [0.2, 0.25) is 0 Å². The predicted octanol–water partition coefficient (Wildman–Crippen LogP) is -0.374. The molecule has 0 aromatic carbocycles. The average molecular weight is 213 g/mol. The van der Waals surface area contributed by atoms with Crippen LogP contribution in [0.2, 0.25) is 0 Å². The number of aliphatic imine (C=N–C) groups is 1. The summed E-state index contributed by atoms with van der Waals surface area (Å²) in [7, 11) is 12.4. The van der Waals surface area contributed by atoms with Crippen molar-refractivity contribution in [1.82, 2.24) is 19.6 Å². The summed E-state index contributed by atoms with van der Waals surface area (Å²) in [5.74, 6) is 1.07. The van der Waals surface area contributed by atoms with Crippen LogP contribution in [0.5, 0.6) is 0 Å². The zero-order valence-corrected chi connectivity index (χ0v) is 10.7. The van der Waals surface area contributed by atoms with E-state index in [0.717, 1.165) is 19.0 Å². The molecule has 88 valence electrons. The lowest BCUT2D eigenvalue weighted by Gasteiger charge is -2.29. The molecule has 0 radical (unpaired) electrons. The maximum absolute atomic E-state index is 4.76. The van der Waals surface area contributed by atoms with Gasteiger partial charge in [-0.3, -0.25) is 9.80 Å². The van der Waals surface area contributed by atoms with Crippen LogP contribution in [0.3, 0.4) is 0 Å². The molecule has 0 amide bonds. The Morgan fingerprint density at radius 3 is 1.73 bits per heavy atom. The molecule has 0 spiro atoms. The first-order chi connectivity index (χ1) is 6.93. The number of hydrogen-bond donors (Lipinski definition) is 0. The Morgan fingerprint density at radius 2 is 1.40 bits per heavy atom. The molecule has 0 N–H and O–H groups in total. The van der Waals surface area contributed by atoms with Gasteiger partial charge in [-0.15, -0.1) is 0 Å². The number of likely N-dealkylation sites (N-methyl/N-ethyl adjacent to an activating group) is 2. The van der Waals surface area contributed by atoms with Gasteiger partial charge in [-0.2, -0.15) is 0 Å². The summed E-state index contributed by atoms with van der Waals surface area (Å²) in [4.78, 5) is 13.4. The van der Waals surface area contributed by atoms with Gasteiger partial charge in [-0.05, 0) is 28.2 Å². The zero-order valence-electron chi connectivity index (χ0n) is 10.7. The van der Waals surface area contributed by atoms with Gasteiger partial charge in [0.05, 0.1) is 0 Å². The Hall–Kier alpha value is -0.810. The molecule has 1 aliphatic rings. The van der Waals surface area contributed by atoms with Gasteiger partial charge in [0, 0.05) is 27.2 Å². The van der Waals surface area contributed by atoms with Crippen molar-refractivity contribution in [2.24, 2.45) is 4.99 Å². The monoisotopic (exact) mass is 213 g/mol. The molecule has 0 atom stereocenters. The van der Waals surface area contributed by atoms with Crippen molar-refractivity contribution >= 4 is 5.96 Å². The summed E-state index contributed by atoms with van der Waals surface area (Å²) in [6, 6.07) is 0. The van der Waals surface area contributed by atoms with Crippen LogP contribution < -0.4 is 0 Å². The third-order valence-electron chi connectivity index (χ3n) is 2.61. The molecular formula is C10H23N5. The minimum atomic E-state index is 0.1000. The molecule has 0 saturated carbocycles. The second-order valence-electron chi connectivity index (χ2n) is 4.55. The van der Waals surface area contributed by atoms with E-state index in [0.29, 0.717) is 0 Å². The van der Waals surface area contributed by atoms with Crippen molar-refractivity contribution in [3.05, 3.63) is 0 Å². The third-order valence-corrected chi connectivity index (χ3v) is 2.61. The topological polar surface area (TPSA) is 25.3 Å². The van der Waals surface area contributed by atoms with E-state index in [2.05, 4.69) is 33.7 Å². The van der Waals surface area contributed by atoms with E-state index in [9.17, 15) is 0 Å². The second kappa shape index (κ2) is 4.81. The first-order valence-corrected chi connectivity index (χ1v) is 5.26. The lowest BCUT2D eigenvalue weighted by Crippen LogP contribution is -2.42. The van der Waals surface area contributed by atoms with Gasteiger partial charge in [-0.25, -0.2) is 4.99 Å². The van der Waals surface area contributed by atoms with Gasteiger partial charge in [0.15, 0.2) is 12.2 Å². The van der Waals surface area contributed by atoms with E-state index in [1.165, 1.54) is 0 Å². The average Bonchev–Trinajstić information content (AvgIpc) is 2.42. The Morgan fingerprint density at radius 1 is 1.00 bits per heavy atom. The molecule has 5 nitrogen and oxygen atoms in total. The van der Waals surface area contributed by atoms with Crippen molar-refractivity contribution in [3.63, 3.8) is 0 Å². The van der Waals surface area contributed by atoms with Gasteiger partial charge in [0.1, 0.15) is 0 Å². The van der Waals surface area contributed by atoms with Crippen LogP contribution in [0.4, 0.5) is 0 Å². The van der Waals surface area contributed by atoms with E-state index in [4.69, 9.17) is 4.99 Å². The van der Waals surface area contributed by atoms with Gasteiger partial charge in [0.25, 0.3) is 0 Å². The van der Waals surface area contributed by atoms with Crippen LogP contribution in [0.25, 0.3) is 0 Å². The molecule has 1 rings (SSSR count). The fraction of sp³-hybridized carbons (Fsp3) is 0.900. The Labute approximate surface area is 93.0 Å². The van der Waals surface area contributed by atoms with Crippen molar-refractivity contribution in [2.45, 2.75) is 6.29 Å². The van der Waals surface area contributed by atoms with Crippen LogP contribution in [0.15, 0.2) is 4.99 Å². The highest BCUT2D eigenvalue weighted by atomic mass is 15.5. The smallest absolute Gasteiger partial charge is 0.199 e. The van der Waals surface area contributed by atoms with Crippen molar-refractivity contribution in [3.8, 4) is 0 Å². The van der Waals surface area contributed by atoms with Crippen molar-refractivity contribution in [2.75, 3.05) is 55.4 Å². The number of nitrogens with zero attached hydrogens (tertiary/aromatic N) is 5. The van der Waals surface area contributed by atoms with Gasteiger partial charge in [-0.1, -0.05) is 0 Å². The maximum Gasteiger partial charge on any atom is 0.199 e. The predicted molar refractivity (Wildman–Crippen MR) is 63.9 cm³/mol. The molecule has 15 heavy (non-hydrogen) atoms. The highest BCUT2D eigenvalue weighted by Gasteiger charge is 2.22. The lowest BCUT2D eigenvalue weighted by molar-refractivity contribution is 0.136. The molecule has 5 heteroatoms. The van der Waals surface area contributed by atoms with Crippen LogP contribution in [0, 0.1) is 0 Å². The molecule has 0 aromatic heterocycles. The number of rotatable bonds is 3. The summed E-state index contributed by atoms with van der Waals surface area (Å²) in [5.41, 5.74) is 0. The van der Waals surface area contributed by atoms with E-state index in [1.54, 1.807) is 0 Å². The molecule has 0 aliphatic carbocycles. The van der Waals surface area contributed by atoms with E-state index in [1.807, 2.05) is 28.2 Å². The first-order valence-electron chi connectivity index (χ1n) is 5.26. The van der Waals surface area contributed by atoms with E-state index >= 15 is 0 Å². The fourth-order valence-electron chi connectivity index (χ4n) is 1.78. The minimum absolute atomic E-state index is 0.1000. The minimum Gasteiger partial charge on any atom is -0.344 e. The quantitative estimate of drug-likeness (QED) is 0.597. The molecule has 1 aliphatic heterocycles. The summed E-state index contributed by atoms with van der Waals surface area (Å²) in [5, 5.41) is 0. The SMILES string of the molecule is CN1CCN(C)C1=NC(N(C)C)N(C)C.